The van der Waals surface area contributed by atoms with Crippen LogP contribution in [0.3, 0.4) is 0 Å². The fourth-order valence-electron chi connectivity index (χ4n) is 2.59. The van der Waals surface area contributed by atoms with E-state index in [-0.39, 0.29) is 33.4 Å². The summed E-state index contributed by atoms with van der Waals surface area (Å²) in [5.74, 6) is -1.63. The molecule has 27 heavy (non-hydrogen) atoms. The highest BCUT2D eigenvalue weighted by atomic mass is 32.1. The Hall–Kier alpha value is -2.67. The van der Waals surface area contributed by atoms with Crippen molar-refractivity contribution >= 4 is 34.1 Å². The van der Waals surface area contributed by atoms with Gasteiger partial charge in [-0.3, -0.25) is 9.59 Å². The van der Waals surface area contributed by atoms with Crippen molar-refractivity contribution in [3.05, 3.63) is 51.4 Å². The summed E-state index contributed by atoms with van der Waals surface area (Å²) in [6, 6.07) is 7.25. The summed E-state index contributed by atoms with van der Waals surface area (Å²) >= 11 is 0.986. The molecule has 2 aromatic rings. The summed E-state index contributed by atoms with van der Waals surface area (Å²) in [7, 11) is 0. The van der Waals surface area contributed by atoms with E-state index in [0.29, 0.717) is 11.1 Å². The van der Waals surface area contributed by atoms with Gasteiger partial charge in [0.2, 0.25) is 0 Å². The number of anilines is 1. The Morgan fingerprint density at radius 1 is 1.15 bits per heavy atom. The third kappa shape index (κ3) is 4.54. The summed E-state index contributed by atoms with van der Waals surface area (Å²) < 4.78 is 5.00. The van der Waals surface area contributed by atoms with Crippen LogP contribution in [0.25, 0.3) is 0 Å². The Bertz CT molecular complexity index is 877. The predicted molar refractivity (Wildman–Crippen MR) is 107 cm³/mol. The smallest absolute Gasteiger partial charge is 0.348 e. The first-order valence-corrected chi connectivity index (χ1v) is 9.40. The quantitative estimate of drug-likeness (QED) is 0.759. The molecular formula is C20H24N2O4S. The Labute approximate surface area is 162 Å². The van der Waals surface area contributed by atoms with Gasteiger partial charge in [-0.2, -0.15) is 0 Å². The molecule has 0 aliphatic carbocycles. The van der Waals surface area contributed by atoms with E-state index in [0.717, 1.165) is 16.9 Å². The summed E-state index contributed by atoms with van der Waals surface area (Å²) in [5.41, 5.74) is 7.51. The second kappa shape index (κ2) is 7.92. The molecule has 0 saturated carbocycles. The number of amides is 2. The molecule has 1 aromatic carbocycles. The molecule has 1 heterocycles. The first-order chi connectivity index (χ1) is 12.6. The molecular weight excluding hydrogens is 364 g/mol. The van der Waals surface area contributed by atoms with Crippen LogP contribution in [0.1, 0.15) is 69.2 Å². The van der Waals surface area contributed by atoms with E-state index in [1.807, 2.05) is 12.1 Å². The Morgan fingerprint density at radius 2 is 1.74 bits per heavy atom. The normalized spacial score (nSPS) is 11.1. The van der Waals surface area contributed by atoms with Crippen LogP contribution in [0.4, 0.5) is 5.00 Å². The van der Waals surface area contributed by atoms with Crippen LogP contribution in [0.2, 0.25) is 0 Å². The SMILES string of the molecule is CCOC(=O)c1sc(NC(=O)c2ccc(C(C)(C)C)cc2)c(C(N)=O)c1C. The van der Waals surface area contributed by atoms with Gasteiger partial charge in [-0.1, -0.05) is 32.9 Å². The van der Waals surface area contributed by atoms with Gasteiger partial charge in [0, 0.05) is 5.56 Å². The Balaban J connectivity index is 2.33. The van der Waals surface area contributed by atoms with Crippen LogP contribution >= 0.6 is 11.3 Å². The minimum Gasteiger partial charge on any atom is -0.462 e. The number of esters is 1. The molecule has 1 aromatic heterocycles. The molecule has 0 spiro atoms. The van der Waals surface area contributed by atoms with Crippen molar-refractivity contribution in [2.75, 3.05) is 11.9 Å². The molecule has 7 heteroatoms. The summed E-state index contributed by atoms with van der Waals surface area (Å²) in [5, 5.41) is 2.94. The minimum absolute atomic E-state index is 0.0203. The molecule has 0 aliphatic rings. The van der Waals surface area contributed by atoms with Crippen LogP contribution in [0.5, 0.6) is 0 Å². The maximum Gasteiger partial charge on any atom is 0.348 e. The summed E-state index contributed by atoms with van der Waals surface area (Å²) in [4.78, 5) is 36.7. The van der Waals surface area contributed by atoms with Crippen LogP contribution < -0.4 is 11.1 Å². The zero-order valence-electron chi connectivity index (χ0n) is 16.1. The van der Waals surface area contributed by atoms with Gasteiger partial charge in [0.1, 0.15) is 9.88 Å². The Kier molecular flexibility index (Phi) is 6.05. The van der Waals surface area contributed by atoms with Crippen LogP contribution in [0.15, 0.2) is 24.3 Å². The summed E-state index contributed by atoms with van der Waals surface area (Å²) in [6.45, 7) is 9.78. The first-order valence-electron chi connectivity index (χ1n) is 8.58. The van der Waals surface area contributed by atoms with Gasteiger partial charge >= 0.3 is 5.97 Å². The van der Waals surface area contributed by atoms with Crippen molar-refractivity contribution < 1.29 is 19.1 Å². The third-order valence-electron chi connectivity index (χ3n) is 4.09. The fraction of sp³-hybridized carbons (Fsp3) is 0.350. The van der Waals surface area contributed by atoms with Crippen LogP contribution in [-0.2, 0) is 10.2 Å². The Morgan fingerprint density at radius 3 is 2.22 bits per heavy atom. The maximum atomic E-state index is 12.6. The number of carbonyl (C=O) groups excluding carboxylic acids is 3. The van der Waals surface area contributed by atoms with Crippen LogP contribution in [0, 0.1) is 6.92 Å². The number of hydrogen-bond acceptors (Lipinski definition) is 5. The third-order valence-corrected chi connectivity index (χ3v) is 5.28. The fourth-order valence-corrected chi connectivity index (χ4v) is 3.69. The molecule has 6 nitrogen and oxygen atoms in total. The number of benzene rings is 1. The molecule has 0 unspecified atom stereocenters. The van der Waals surface area contributed by atoms with E-state index in [1.54, 1.807) is 26.0 Å². The average molecular weight is 388 g/mol. The van der Waals surface area contributed by atoms with E-state index < -0.39 is 11.9 Å². The number of carbonyl (C=O) groups is 3. The highest BCUT2D eigenvalue weighted by molar-refractivity contribution is 7.18. The number of thiophene rings is 1. The molecule has 0 saturated heterocycles. The number of primary amides is 1. The number of rotatable bonds is 5. The number of nitrogens with two attached hydrogens (primary N) is 1. The molecule has 0 aliphatic heterocycles. The van der Waals surface area contributed by atoms with Crippen molar-refractivity contribution in [2.45, 2.75) is 40.0 Å². The highest BCUT2D eigenvalue weighted by Gasteiger charge is 2.25. The average Bonchev–Trinajstić information content (AvgIpc) is 2.90. The van der Waals surface area contributed by atoms with Gasteiger partial charge in [0.05, 0.1) is 12.2 Å². The zero-order chi connectivity index (χ0) is 20.4. The van der Waals surface area contributed by atoms with E-state index in [2.05, 4.69) is 26.1 Å². The van der Waals surface area contributed by atoms with Gasteiger partial charge in [-0.25, -0.2) is 4.79 Å². The van der Waals surface area contributed by atoms with E-state index >= 15 is 0 Å². The minimum atomic E-state index is -0.710. The number of nitrogens with one attached hydrogen (secondary N) is 1. The standard InChI is InChI=1S/C20H24N2O4S/c1-6-26-19(25)15-11(2)14(16(21)23)18(27-15)22-17(24)12-7-9-13(10-8-12)20(3,4)5/h7-10H,6H2,1-5H3,(H2,21,23)(H,22,24). The molecule has 3 N–H and O–H groups in total. The van der Waals surface area contributed by atoms with E-state index in [4.69, 9.17) is 10.5 Å². The lowest BCUT2D eigenvalue weighted by Crippen LogP contribution is -2.18. The van der Waals surface area contributed by atoms with Gasteiger partial charge in [-0.05, 0) is 42.5 Å². The maximum absolute atomic E-state index is 12.6. The molecule has 144 valence electrons. The molecule has 0 atom stereocenters. The highest BCUT2D eigenvalue weighted by Crippen LogP contribution is 2.34. The van der Waals surface area contributed by atoms with Gasteiger partial charge < -0.3 is 15.8 Å². The zero-order valence-corrected chi connectivity index (χ0v) is 17.0. The second-order valence-electron chi connectivity index (χ2n) is 7.13. The topological polar surface area (TPSA) is 98.5 Å². The predicted octanol–water partition coefficient (Wildman–Crippen LogP) is 3.88. The van der Waals surface area contributed by atoms with Crippen molar-refractivity contribution in [1.29, 1.82) is 0 Å². The van der Waals surface area contributed by atoms with E-state index in [1.165, 1.54) is 0 Å². The molecule has 0 radical (unpaired) electrons. The number of hydrogen-bond donors (Lipinski definition) is 2. The van der Waals surface area contributed by atoms with Crippen molar-refractivity contribution in [3.8, 4) is 0 Å². The molecule has 0 bridgehead atoms. The van der Waals surface area contributed by atoms with Crippen LogP contribution in [-0.4, -0.2) is 24.4 Å². The van der Waals surface area contributed by atoms with Crippen molar-refractivity contribution in [3.63, 3.8) is 0 Å². The lowest BCUT2D eigenvalue weighted by molar-refractivity contribution is 0.0531. The molecule has 2 amide bonds. The summed E-state index contributed by atoms with van der Waals surface area (Å²) in [6.07, 6.45) is 0. The first kappa shape index (κ1) is 20.6. The van der Waals surface area contributed by atoms with Gasteiger partial charge in [-0.15, -0.1) is 11.3 Å². The lowest BCUT2D eigenvalue weighted by Gasteiger charge is -2.19. The van der Waals surface area contributed by atoms with E-state index in [9.17, 15) is 14.4 Å². The molecule has 2 rings (SSSR count). The molecule has 0 fully saturated rings. The van der Waals surface area contributed by atoms with Gasteiger partial charge in [0.25, 0.3) is 11.8 Å². The van der Waals surface area contributed by atoms with Crippen molar-refractivity contribution in [1.82, 2.24) is 0 Å². The van der Waals surface area contributed by atoms with Crippen molar-refractivity contribution in [2.24, 2.45) is 5.73 Å². The van der Waals surface area contributed by atoms with Gasteiger partial charge in [0.15, 0.2) is 0 Å². The second-order valence-corrected chi connectivity index (χ2v) is 8.15. The monoisotopic (exact) mass is 388 g/mol. The lowest BCUT2D eigenvalue weighted by atomic mass is 9.87. The number of ether oxygens (including phenoxy) is 1. The largest absolute Gasteiger partial charge is 0.462 e.